The van der Waals surface area contributed by atoms with Crippen LogP contribution in [0, 0.1) is 0 Å². The molecule has 0 radical (unpaired) electrons. The van der Waals surface area contributed by atoms with Crippen molar-refractivity contribution in [3.8, 4) is 0 Å². The van der Waals surface area contributed by atoms with Gasteiger partial charge in [0.1, 0.15) is 0 Å². The molecule has 0 amide bonds. The second-order valence-corrected chi connectivity index (χ2v) is 2.60. The number of aliphatic hydroxyl groups is 1. The zero-order valence-corrected chi connectivity index (χ0v) is 7.47. The molecule has 0 aromatic heterocycles. The maximum absolute atomic E-state index is 8.38. The van der Waals surface area contributed by atoms with Gasteiger partial charge in [-0.1, -0.05) is 6.92 Å². The summed E-state index contributed by atoms with van der Waals surface area (Å²) in [4.78, 5) is 0. The Labute approximate surface area is 68.8 Å². The van der Waals surface area contributed by atoms with E-state index >= 15 is 0 Å². The van der Waals surface area contributed by atoms with E-state index in [0.29, 0.717) is 19.3 Å². The molecule has 3 heteroatoms. The Balaban J connectivity index is 2.89. The molecule has 0 aromatic carbocycles. The Hall–Kier alpha value is -0.120. The minimum absolute atomic E-state index is 0.114. The van der Waals surface area contributed by atoms with Crippen molar-refractivity contribution in [2.45, 2.75) is 26.3 Å². The molecule has 0 spiro atoms. The van der Waals surface area contributed by atoms with Gasteiger partial charge in [-0.25, -0.2) is 0 Å². The molecule has 0 rings (SSSR count). The summed E-state index contributed by atoms with van der Waals surface area (Å²) in [6, 6.07) is 0.563. The fraction of sp³-hybridized carbons (Fsp3) is 1.00. The van der Waals surface area contributed by atoms with Crippen molar-refractivity contribution in [3.63, 3.8) is 0 Å². The molecule has 0 aliphatic carbocycles. The predicted molar refractivity (Wildman–Crippen MR) is 45.7 cm³/mol. The average molecular weight is 161 g/mol. The van der Waals surface area contributed by atoms with Gasteiger partial charge in [0, 0.05) is 12.6 Å². The van der Waals surface area contributed by atoms with E-state index in [2.05, 4.69) is 19.2 Å². The predicted octanol–water partition coefficient (Wildman–Crippen LogP) is 0.383. The zero-order valence-electron chi connectivity index (χ0n) is 7.47. The SMILES string of the molecule is CCC(C)NCCOCCO. The average Bonchev–Trinajstić information content (AvgIpc) is 2.04. The van der Waals surface area contributed by atoms with Crippen LogP contribution < -0.4 is 5.32 Å². The first kappa shape index (κ1) is 10.9. The number of hydrogen-bond donors (Lipinski definition) is 2. The molecule has 0 aliphatic rings. The quantitative estimate of drug-likeness (QED) is 0.530. The largest absolute Gasteiger partial charge is 0.394 e. The van der Waals surface area contributed by atoms with Crippen LogP contribution in [0.2, 0.25) is 0 Å². The van der Waals surface area contributed by atoms with Gasteiger partial charge in [-0.2, -0.15) is 0 Å². The lowest BCUT2D eigenvalue weighted by molar-refractivity contribution is 0.0928. The molecule has 11 heavy (non-hydrogen) atoms. The van der Waals surface area contributed by atoms with Crippen molar-refractivity contribution in [3.05, 3.63) is 0 Å². The van der Waals surface area contributed by atoms with Crippen LogP contribution >= 0.6 is 0 Å². The third-order valence-corrected chi connectivity index (χ3v) is 1.59. The van der Waals surface area contributed by atoms with Crippen LogP contribution in [0.4, 0.5) is 0 Å². The first-order chi connectivity index (χ1) is 5.31. The van der Waals surface area contributed by atoms with E-state index in [1.165, 1.54) is 0 Å². The van der Waals surface area contributed by atoms with Crippen molar-refractivity contribution < 1.29 is 9.84 Å². The van der Waals surface area contributed by atoms with Gasteiger partial charge in [0.25, 0.3) is 0 Å². The number of hydrogen-bond acceptors (Lipinski definition) is 3. The fourth-order valence-corrected chi connectivity index (χ4v) is 0.688. The highest BCUT2D eigenvalue weighted by atomic mass is 16.5. The van der Waals surface area contributed by atoms with Crippen LogP contribution in [0.15, 0.2) is 0 Å². The summed E-state index contributed by atoms with van der Waals surface area (Å²) < 4.78 is 5.07. The second-order valence-electron chi connectivity index (χ2n) is 2.60. The van der Waals surface area contributed by atoms with Gasteiger partial charge in [0.2, 0.25) is 0 Å². The standard InChI is InChI=1S/C8H19NO2/c1-3-8(2)9-4-6-11-7-5-10/h8-10H,3-7H2,1-2H3. The summed E-state index contributed by atoms with van der Waals surface area (Å²) in [6.45, 7) is 6.41. The summed E-state index contributed by atoms with van der Waals surface area (Å²) in [7, 11) is 0. The lowest BCUT2D eigenvalue weighted by Crippen LogP contribution is -2.28. The second kappa shape index (κ2) is 7.98. The van der Waals surface area contributed by atoms with Gasteiger partial charge < -0.3 is 15.2 Å². The summed E-state index contributed by atoms with van der Waals surface area (Å²) >= 11 is 0. The highest BCUT2D eigenvalue weighted by Crippen LogP contribution is 1.85. The third-order valence-electron chi connectivity index (χ3n) is 1.59. The molecule has 0 saturated heterocycles. The highest BCUT2D eigenvalue weighted by Gasteiger charge is 1.94. The zero-order chi connectivity index (χ0) is 8.53. The van der Waals surface area contributed by atoms with Gasteiger partial charge in [-0.3, -0.25) is 0 Å². The minimum Gasteiger partial charge on any atom is -0.394 e. The summed E-state index contributed by atoms with van der Waals surface area (Å²) in [5, 5.41) is 11.7. The highest BCUT2D eigenvalue weighted by molar-refractivity contribution is 4.55. The Bertz CT molecular complexity index is 78.5. The van der Waals surface area contributed by atoms with Crippen molar-refractivity contribution in [1.82, 2.24) is 5.32 Å². The molecule has 0 fully saturated rings. The Morgan fingerprint density at radius 2 is 2.18 bits per heavy atom. The van der Waals surface area contributed by atoms with Crippen LogP contribution in [-0.4, -0.2) is 37.5 Å². The monoisotopic (exact) mass is 161 g/mol. The summed E-state index contributed by atoms with van der Waals surface area (Å²) in [5.74, 6) is 0. The molecule has 0 bridgehead atoms. The van der Waals surface area contributed by atoms with Gasteiger partial charge in [-0.05, 0) is 13.3 Å². The Kier molecular flexibility index (Phi) is 7.89. The van der Waals surface area contributed by atoms with Crippen molar-refractivity contribution in [2.75, 3.05) is 26.4 Å². The van der Waals surface area contributed by atoms with Gasteiger partial charge >= 0.3 is 0 Å². The lowest BCUT2D eigenvalue weighted by atomic mass is 10.3. The maximum Gasteiger partial charge on any atom is 0.0698 e. The van der Waals surface area contributed by atoms with Crippen LogP contribution in [0.3, 0.4) is 0 Å². The normalized spacial score (nSPS) is 13.4. The van der Waals surface area contributed by atoms with Crippen molar-refractivity contribution >= 4 is 0 Å². The maximum atomic E-state index is 8.38. The van der Waals surface area contributed by atoms with Gasteiger partial charge in [-0.15, -0.1) is 0 Å². The fourth-order valence-electron chi connectivity index (χ4n) is 0.688. The number of nitrogens with one attached hydrogen (secondary N) is 1. The van der Waals surface area contributed by atoms with E-state index in [4.69, 9.17) is 9.84 Å². The molecule has 3 nitrogen and oxygen atoms in total. The molecule has 1 atom stereocenters. The van der Waals surface area contributed by atoms with Crippen LogP contribution in [-0.2, 0) is 4.74 Å². The molecule has 68 valence electrons. The third kappa shape index (κ3) is 7.78. The van der Waals surface area contributed by atoms with E-state index in [1.807, 2.05) is 0 Å². The Morgan fingerprint density at radius 3 is 2.73 bits per heavy atom. The molecular formula is C8H19NO2. The molecular weight excluding hydrogens is 142 g/mol. The van der Waals surface area contributed by atoms with Crippen LogP contribution in [0.25, 0.3) is 0 Å². The molecule has 0 heterocycles. The number of ether oxygens (including phenoxy) is 1. The first-order valence-corrected chi connectivity index (χ1v) is 4.23. The molecule has 0 aliphatic heterocycles. The minimum atomic E-state index is 0.114. The van der Waals surface area contributed by atoms with E-state index in [-0.39, 0.29) is 6.61 Å². The van der Waals surface area contributed by atoms with Crippen molar-refractivity contribution in [1.29, 1.82) is 0 Å². The Morgan fingerprint density at radius 1 is 1.45 bits per heavy atom. The molecule has 0 saturated carbocycles. The summed E-state index contributed by atoms with van der Waals surface area (Å²) in [5.41, 5.74) is 0. The van der Waals surface area contributed by atoms with E-state index in [0.717, 1.165) is 13.0 Å². The molecule has 1 unspecified atom stereocenters. The topological polar surface area (TPSA) is 41.5 Å². The first-order valence-electron chi connectivity index (χ1n) is 4.23. The van der Waals surface area contributed by atoms with Gasteiger partial charge in [0.05, 0.1) is 19.8 Å². The van der Waals surface area contributed by atoms with Crippen LogP contribution in [0.5, 0.6) is 0 Å². The van der Waals surface area contributed by atoms with E-state index in [1.54, 1.807) is 0 Å². The van der Waals surface area contributed by atoms with E-state index < -0.39 is 0 Å². The van der Waals surface area contributed by atoms with Crippen LogP contribution in [0.1, 0.15) is 20.3 Å². The smallest absolute Gasteiger partial charge is 0.0698 e. The van der Waals surface area contributed by atoms with Crippen molar-refractivity contribution in [2.24, 2.45) is 0 Å². The van der Waals surface area contributed by atoms with Gasteiger partial charge in [0.15, 0.2) is 0 Å². The summed E-state index contributed by atoms with van der Waals surface area (Å²) in [6.07, 6.45) is 1.14. The van der Waals surface area contributed by atoms with E-state index in [9.17, 15) is 0 Å². The lowest BCUT2D eigenvalue weighted by Gasteiger charge is -2.10. The molecule has 2 N–H and O–H groups in total. The number of aliphatic hydroxyl groups excluding tert-OH is 1. The number of rotatable bonds is 7. The molecule has 0 aromatic rings.